The maximum absolute atomic E-state index is 12.5. The summed E-state index contributed by atoms with van der Waals surface area (Å²) < 4.78 is 0. The topological polar surface area (TPSA) is 58.2 Å². The van der Waals surface area contributed by atoms with Crippen molar-refractivity contribution in [3.63, 3.8) is 0 Å². The molecule has 0 saturated heterocycles. The van der Waals surface area contributed by atoms with Crippen LogP contribution in [-0.2, 0) is 16.0 Å². The minimum absolute atomic E-state index is 0.118. The van der Waals surface area contributed by atoms with Gasteiger partial charge in [0, 0.05) is 11.2 Å². The average Bonchev–Trinajstić information content (AvgIpc) is 2.53. The third-order valence-electron chi connectivity index (χ3n) is 6.27. The van der Waals surface area contributed by atoms with Crippen LogP contribution in [0, 0.1) is 17.8 Å². The van der Waals surface area contributed by atoms with Gasteiger partial charge in [-0.3, -0.25) is 9.59 Å². The molecule has 0 spiro atoms. The molecule has 4 bridgehead atoms. The predicted molar refractivity (Wildman–Crippen MR) is 93.5 cm³/mol. The van der Waals surface area contributed by atoms with Crippen molar-refractivity contribution >= 4 is 17.5 Å². The lowest BCUT2D eigenvalue weighted by Gasteiger charge is -2.56. The van der Waals surface area contributed by atoms with Crippen LogP contribution in [-0.4, -0.2) is 17.4 Å². The van der Waals surface area contributed by atoms with Gasteiger partial charge in [-0.2, -0.15) is 0 Å². The fourth-order valence-electron chi connectivity index (χ4n) is 5.69. The predicted octanol–water partition coefficient (Wildman–Crippen LogP) is 3.27. The first-order valence-corrected chi connectivity index (χ1v) is 9.28. The fourth-order valence-corrected chi connectivity index (χ4v) is 5.69. The van der Waals surface area contributed by atoms with Crippen LogP contribution in [0.1, 0.15) is 51.0 Å². The quantitative estimate of drug-likeness (QED) is 0.838. The number of amides is 2. The maximum atomic E-state index is 12.5. The van der Waals surface area contributed by atoms with Crippen LogP contribution in [0.4, 0.5) is 5.69 Å². The van der Waals surface area contributed by atoms with Crippen molar-refractivity contribution in [2.24, 2.45) is 17.8 Å². The molecule has 0 aliphatic heterocycles. The van der Waals surface area contributed by atoms with Crippen LogP contribution in [0.5, 0.6) is 0 Å². The number of hydrogen-bond donors (Lipinski definition) is 2. The second kappa shape index (κ2) is 5.91. The number of benzene rings is 1. The smallest absolute Gasteiger partial charge is 0.313 e. The summed E-state index contributed by atoms with van der Waals surface area (Å²) in [6.45, 7) is 2.04. The fraction of sp³-hybridized carbons (Fsp3) is 0.600. The number of anilines is 1. The van der Waals surface area contributed by atoms with Crippen LogP contribution in [0.15, 0.2) is 24.3 Å². The molecular formula is C20H26N2O2. The van der Waals surface area contributed by atoms with Crippen molar-refractivity contribution in [1.82, 2.24) is 5.32 Å². The van der Waals surface area contributed by atoms with E-state index in [0.29, 0.717) is 0 Å². The standard InChI is InChI=1S/C20H26N2O2/c1-2-16-5-3-4-6-17(16)21-18(23)19(24)22-20-10-13-7-14(11-20)9-15(8-13)12-20/h3-6,13-15H,2,7-12H2,1H3,(H,21,23)(H,22,24). The highest BCUT2D eigenvalue weighted by molar-refractivity contribution is 6.39. The maximum Gasteiger partial charge on any atom is 0.313 e. The number of para-hydroxylation sites is 1. The monoisotopic (exact) mass is 326 g/mol. The Bertz CT molecular complexity index is 632. The largest absolute Gasteiger partial charge is 0.342 e. The Morgan fingerprint density at radius 2 is 1.58 bits per heavy atom. The van der Waals surface area contributed by atoms with Crippen molar-refractivity contribution < 1.29 is 9.59 Å². The summed E-state index contributed by atoms with van der Waals surface area (Å²) in [7, 11) is 0. The molecule has 4 nitrogen and oxygen atoms in total. The van der Waals surface area contributed by atoms with E-state index >= 15 is 0 Å². The summed E-state index contributed by atoms with van der Waals surface area (Å²) >= 11 is 0. The number of carbonyl (C=O) groups is 2. The lowest BCUT2D eigenvalue weighted by molar-refractivity contribution is -0.139. The van der Waals surface area contributed by atoms with Crippen LogP contribution >= 0.6 is 0 Å². The zero-order valence-electron chi connectivity index (χ0n) is 14.3. The molecule has 0 heterocycles. The lowest BCUT2D eigenvalue weighted by atomic mass is 9.53. The first-order chi connectivity index (χ1) is 11.6. The molecule has 24 heavy (non-hydrogen) atoms. The molecule has 0 radical (unpaired) electrons. The van der Waals surface area contributed by atoms with Crippen molar-refractivity contribution in [3.05, 3.63) is 29.8 Å². The number of hydrogen-bond acceptors (Lipinski definition) is 2. The first-order valence-electron chi connectivity index (χ1n) is 9.28. The molecule has 4 aliphatic carbocycles. The average molecular weight is 326 g/mol. The summed E-state index contributed by atoms with van der Waals surface area (Å²) in [5.41, 5.74) is 1.67. The van der Waals surface area contributed by atoms with Gasteiger partial charge in [0.25, 0.3) is 0 Å². The molecule has 5 rings (SSSR count). The minimum atomic E-state index is -0.536. The van der Waals surface area contributed by atoms with Crippen LogP contribution < -0.4 is 10.6 Å². The van der Waals surface area contributed by atoms with Crippen molar-refractivity contribution in [3.8, 4) is 0 Å². The van der Waals surface area contributed by atoms with Crippen molar-refractivity contribution in [2.45, 2.75) is 57.4 Å². The van der Waals surface area contributed by atoms with Gasteiger partial charge in [-0.15, -0.1) is 0 Å². The van der Waals surface area contributed by atoms with Gasteiger partial charge in [0.05, 0.1) is 0 Å². The SMILES string of the molecule is CCc1ccccc1NC(=O)C(=O)NC12CC3CC(CC(C3)C1)C2. The van der Waals surface area contributed by atoms with Gasteiger partial charge in [-0.25, -0.2) is 0 Å². The van der Waals surface area contributed by atoms with Crippen molar-refractivity contribution in [2.75, 3.05) is 5.32 Å². The van der Waals surface area contributed by atoms with Gasteiger partial charge in [-0.05, 0) is 74.3 Å². The molecule has 4 saturated carbocycles. The van der Waals surface area contributed by atoms with Gasteiger partial charge in [0.2, 0.25) is 0 Å². The summed E-state index contributed by atoms with van der Waals surface area (Å²) in [5.74, 6) is 1.25. The Hall–Kier alpha value is -1.84. The summed E-state index contributed by atoms with van der Waals surface area (Å²) in [6.07, 6.45) is 7.98. The first kappa shape index (κ1) is 15.7. The van der Waals surface area contributed by atoms with E-state index in [-0.39, 0.29) is 5.54 Å². The molecule has 128 valence electrons. The zero-order chi connectivity index (χ0) is 16.7. The molecule has 2 N–H and O–H groups in total. The lowest BCUT2D eigenvalue weighted by Crippen LogP contribution is -2.61. The Kier molecular flexibility index (Phi) is 3.86. The molecule has 0 aromatic heterocycles. The van der Waals surface area contributed by atoms with E-state index in [9.17, 15) is 9.59 Å². The number of aryl methyl sites for hydroxylation is 1. The highest BCUT2D eigenvalue weighted by Crippen LogP contribution is 2.55. The molecule has 1 aromatic rings. The highest BCUT2D eigenvalue weighted by Gasteiger charge is 2.51. The summed E-state index contributed by atoms with van der Waals surface area (Å²) in [6, 6.07) is 7.66. The van der Waals surface area contributed by atoms with Gasteiger partial charge in [0.1, 0.15) is 0 Å². The summed E-state index contributed by atoms with van der Waals surface area (Å²) in [5, 5.41) is 5.92. The third kappa shape index (κ3) is 2.83. The van der Waals surface area contributed by atoms with Gasteiger partial charge in [-0.1, -0.05) is 25.1 Å². The zero-order valence-corrected chi connectivity index (χ0v) is 14.3. The molecule has 4 aliphatic rings. The Morgan fingerprint density at radius 1 is 1.00 bits per heavy atom. The van der Waals surface area contributed by atoms with E-state index in [1.54, 1.807) is 0 Å². The normalized spacial score (nSPS) is 33.3. The molecule has 1 aromatic carbocycles. The molecule has 0 unspecified atom stereocenters. The minimum Gasteiger partial charge on any atom is -0.342 e. The number of nitrogens with one attached hydrogen (secondary N) is 2. The second-order valence-corrected chi connectivity index (χ2v) is 8.12. The van der Waals surface area contributed by atoms with E-state index in [4.69, 9.17) is 0 Å². The molecular weight excluding hydrogens is 300 g/mol. The van der Waals surface area contributed by atoms with Crippen LogP contribution in [0.3, 0.4) is 0 Å². The van der Waals surface area contributed by atoms with E-state index in [2.05, 4.69) is 10.6 Å². The van der Waals surface area contributed by atoms with Gasteiger partial charge in [0.15, 0.2) is 0 Å². The summed E-state index contributed by atoms with van der Waals surface area (Å²) in [4.78, 5) is 24.9. The Labute approximate surface area is 143 Å². The van der Waals surface area contributed by atoms with Crippen LogP contribution in [0.25, 0.3) is 0 Å². The molecule has 4 fully saturated rings. The second-order valence-electron chi connectivity index (χ2n) is 8.12. The van der Waals surface area contributed by atoms with Crippen molar-refractivity contribution in [1.29, 1.82) is 0 Å². The number of rotatable bonds is 3. The van der Waals surface area contributed by atoms with E-state index in [1.807, 2.05) is 31.2 Å². The van der Waals surface area contributed by atoms with E-state index in [1.165, 1.54) is 19.3 Å². The third-order valence-corrected chi connectivity index (χ3v) is 6.27. The molecule has 0 atom stereocenters. The number of carbonyl (C=O) groups excluding carboxylic acids is 2. The highest BCUT2D eigenvalue weighted by atomic mass is 16.2. The van der Waals surface area contributed by atoms with E-state index < -0.39 is 11.8 Å². The molecule has 4 heteroatoms. The Balaban J connectivity index is 1.43. The Morgan fingerprint density at radius 3 is 2.17 bits per heavy atom. The van der Waals surface area contributed by atoms with Gasteiger partial charge >= 0.3 is 11.8 Å². The molecule has 2 amide bonds. The van der Waals surface area contributed by atoms with Crippen LogP contribution in [0.2, 0.25) is 0 Å². The van der Waals surface area contributed by atoms with Gasteiger partial charge < -0.3 is 10.6 Å². The van der Waals surface area contributed by atoms with E-state index in [0.717, 1.165) is 54.7 Å².